The third-order valence-corrected chi connectivity index (χ3v) is 4.58. The third kappa shape index (κ3) is 3.31. The molecule has 0 aromatic heterocycles. The first-order valence-corrected chi connectivity index (χ1v) is 7.99. The Balaban J connectivity index is 2.48. The van der Waals surface area contributed by atoms with E-state index < -0.39 is 0 Å². The molecule has 0 nitrogen and oxygen atoms in total. The Morgan fingerprint density at radius 1 is 0.765 bits per heavy atom. The maximum absolute atomic E-state index is 2.45. The largest absolute Gasteiger partial charge is 0.0811 e. The van der Waals surface area contributed by atoms with Gasteiger partial charge in [0.25, 0.3) is 0 Å². The van der Waals surface area contributed by atoms with Crippen LogP contribution in [-0.4, -0.2) is 4.43 Å². The van der Waals surface area contributed by atoms with Gasteiger partial charge in [-0.2, -0.15) is 0 Å². The maximum Gasteiger partial charge on any atom is 0.0263 e. The zero-order chi connectivity index (χ0) is 12.1. The molecule has 0 aliphatic rings. The minimum Gasteiger partial charge on any atom is -0.0811 e. The van der Waals surface area contributed by atoms with Crippen molar-refractivity contribution in [3.8, 4) is 0 Å². The first kappa shape index (κ1) is 13.1. The standard InChI is InChI=1S/C15H12I2/c16-11-14(12-7-3-1-4-8-12)15(17)13-9-5-2-6-10-13/h1-10H,11H2/b15-14+. The van der Waals surface area contributed by atoms with E-state index in [1.807, 2.05) is 0 Å². The van der Waals surface area contributed by atoms with Gasteiger partial charge in [0.2, 0.25) is 0 Å². The van der Waals surface area contributed by atoms with Crippen LogP contribution in [0.3, 0.4) is 0 Å². The van der Waals surface area contributed by atoms with Crippen LogP contribution in [0.5, 0.6) is 0 Å². The second-order valence-electron chi connectivity index (χ2n) is 3.66. The van der Waals surface area contributed by atoms with E-state index in [1.54, 1.807) is 0 Å². The summed E-state index contributed by atoms with van der Waals surface area (Å²) in [6.45, 7) is 0. The van der Waals surface area contributed by atoms with Crippen LogP contribution < -0.4 is 0 Å². The van der Waals surface area contributed by atoms with Crippen LogP contribution in [0.15, 0.2) is 60.7 Å². The lowest BCUT2D eigenvalue weighted by atomic mass is 10.0. The van der Waals surface area contributed by atoms with Crippen molar-refractivity contribution in [2.45, 2.75) is 0 Å². The molecule has 0 spiro atoms. The normalized spacial score (nSPS) is 12.1. The molecule has 0 saturated carbocycles. The van der Waals surface area contributed by atoms with Crippen LogP contribution in [-0.2, 0) is 0 Å². The van der Waals surface area contributed by atoms with Gasteiger partial charge >= 0.3 is 0 Å². The van der Waals surface area contributed by atoms with Gasteiger partial charge in [-0.1, -0.05) is 83.3 Å². The summed E-state index contributed by atoms with van der Waals surface area (Å²) in [4.78, 5) is 0. The fourth-order valence-electron chi connectivity index (χ4n) is 1.66. The molecule has 0 N–H and O–H groups in total. The van der Waals surface area contributed by atoms with Crippen molar-refractivity contribution in [1.29, 1.82) is 0 Å². The highest BCUT2D eigenvalue weighted by Gasteiger charge is 2.07. The summed E-state index contributed by atoms with van der Waals surface area (Å²) in [7, 11) is 0. The number of halogens is 2. The highest BCUT2D eigenvalue weighted by Crippen LogP contribution is 2.32. The lowest BCUT2D eigenvalue weighted by Gasteiger charge is -2.09. The summed E-state index contributed by atoms with van der Waals surface area (Å²) in [5.41, 5.74) is 4.01. The van der Waals surface area contributed by atoms with Gasteiger partial charge in [0.15, 0.2) is 0 Å². The van der Waals surface area contributed by atoms with E-state index in [9.17, 15) is 0 Å². The lowest BCUT2D eigenvalue weighted by Crippen LogP contribution is -1.88. The number of hydrogen-bond acceptors (Lipinski definition) is 0. The topological polar surface area (TPSA) is 0 Å². The molecule has 0 aliphatic heterocycles. The number of alkyl halides is 1. The zero-order valence-corrected chi connectivity index (χ0v) is 13.6. The fourth-order valence-corrected chi connectivity index (χ4v) is 4.07. The Kier molecular flexibility index (Phi) is 5.03. The molecule has 2 heteroatoms. The molecule has 17 heavy (non-hydrogen) atoms. The van der Waals surface area contributed by atoms with Gasteiger partial charge < -0.3 is 0 Å². The Morgan fingerprint density at radius 3 is 1.71 bits per heavy atom. The lowest BCUT2D eigenvalue weighted by molar-refractivity contribution is 1.59. The first-order chi connectivity index (χ1) is 8.33. The molecular weight excluding hydrogens is 434 g/mol. The van der Waals surface area contributed by atoms with E-state index in [2.05, 4.69) is 106 Å². The average Bonchev–Trinajstić information content (AvgIpc) is 2.42. The molecule has 86 valence electrons. The third-order valence-electron chi connectivity index (χ3n) is 2.55. The molecule has 0 bridgehead atoms. The molecule has 0 saturated heterocycles. The summed E-state index contributed by atoms with van der Waals surface area (Å²) in [5.74, 6) is 0. The molecule has 0 heterocycles. The van der Waals surface area contributed by atoms with E-state index in [1.165, 1.54) is 20.3 Å². The second kappa shape index (κ2) is 6.54. The fraction of sp³-hybridized carbons (Fsp3) is 0.0667. The Morgan fingerprint density at radius 2 is 1.24 bits per heavy atom. The smallest absolute Gasteiger partial charge is 0.0263 e. The van der Waals surface area contributed by atoms with Crippen LogP contribution in [0.1, 0.15) is 11.1 Å². The van der Waals surface area contributed by atoms with Crippen LogP contribution in [0.4, 0.5) is 0 Å². The van der Waals surface area contributed by atoms with Gasteiger partial charge in [-0.15, -0.1) is 0 Å². The summed E-state index contributed by atoms with van der Waals surface area (Å²) >= 11 is 4.88. The molecule has 0 unspecified atom stereocenters. The van der Waals surface area contributed by atoms with Crippen molar-refractivity contribution < 1.29 is 0 Å². The summed E-state index contributed by atoms with van der Waals surface area (Å²) < 4.78 is 2.36. The van der Waals surface area contributed by atoms with E-state index in [0.29, 0.717) is 0 Å². The summed E-state index contributed by atoms with van der Waals surface area (Å²) in [5, 5.41) is 0. The predicted octanol–water partition coefficient (Wildman–Crippen LogP) is 5.42. The highest BCUT2D eigenvalue weighted by molar-refractivity contribution is 14.1. The van der Waals surface area contributed by atoms with Crippen molar-refractivity contribution in [3.63, 3.8) is 0 Å². The number of rotatable bonds is 3. The van der Waals surface area contributed by atoms with Gasteiger partial charge in [0.05, 0.1) is 0 Å². The molecule has 0 fully saturated rings. The van der Waals surface area contributed by atoms with Gasteiger partial charge in [-0.25, -0.2) is 0 Å². The van der Waals surface area contributed by atoms with Crippen molar-refractivity contribution in [1.82, 2.24) is 0 Å². The second-order valence-corrected chi connectivity index (χ2v) is 5.50. The molecule has 2 aromatic carbocycles. The number of benzene rings is 2. The van der Waals surface area contributed by atoms with Crippen LogP contribution in [0.2, 0.25) is 0 Å². The van der Waals surface area contributed by atoms with E-state index in [4.69, 9.17) is 0 Å². The van der Waals surface area contributed by atoms with Crippen molar-refractivity contribution in [2.24, 2.45) is 0 Å². The highest BCUT2D eigenvalue weighted by atomic mass is 127. The van der Waals surface area contributed by atoms with Crippen molar-refractivity contribution in [2.75, 3.05) is 4.43 Å². The molecule has 0 amide bonds. The quantitative estimate of drug-likeness (QED) is 0.336. The Labute approximate surface area is 129 Å². The SMILES string of the molecule is IC/C(=C(\I)c1ccccc1)c1ccccc1. The minimum absolute atomic E-state index is 1.02. The van der Waals surface area contributed by atoms with Crippen molar-refractivity contribution >= 4 is 54.3 Å². The molecule has 0 aliphatic carbocycles. The van der Waals surface area contributed by atoms with Crippen LogP contribution >= 0.6 is 45.2 Å². The van der Waals surface area contributed by atoms with Gasteiger partial charge in [0.1, 0.15) is 0 Å². The maximum atomic E-state index is 2.45. The van der Waals surface area contributed by atoms with E-state index in [0.717, 1.165) is 4.43 Å². The first-order valence-electron chi connectivity index (χ1n) is 5.38. The monoisotopic (exact) mass is 446 g/mol. The molecule has 2 rings (SSSR count). The van der Waals surface area contributed by atoms with Gasteiger partial charge in [0, 0.05) is 8.01 Å². The number of allylic oxidation sites excluding steroid dienone is 1. The predicted molar refractivity (Wildman–Crippen MR) is 92.6 cm³/mol. The molecule has 0 radical (unpaired) electrons. The van der Waals surface area contributed by atoms with Crippen molar-refractivity contribution in [3.05, 3.63) is 71.8 Å². The van der Waals surface area contributed by atoms with E-state index >= 15 is 0 Å². The van der Waals surface area contributed by atoms with Crippen LogP contribution in [0, 0.1) is 0 Å². The molecule has 2 aromatic rings. The zero-order valence-electron chi connectivity index (χ0n) is 9.24. The van der Waals surface area contributed by atoms with Crippen LogP contribution in [0.25, 0.3) is 9.15 Å². The number of hydrogen-bond donors (Lipinski definition) is 0. The van der Waals surface area contributed by atoms with Gasteiger partial charge in [-0.3, -0.25) is 0 Å². The molecular formula is C15H12I2. The Bertz CT molecular complexity index is 501. The van der Waals surface area contributed by atoms with E-state index in [-0.39, 0.29) is 0 Å². The summed E-state index contributed by atoms with van der Waals surface area (Å²) in [6, 6.07) is 21.2. The Hall–Kier alpha value is -0.360. The molecule has 0 atom stereocenters. The van der Waals surface area contributed by atoms with Gasteiger partial charge in [-0.05, 0) is 39.3 Å². The average molecular weight is 446 g/mol. The minimum atomic E-state index is 1.02. The summed E-state index contributed by atoms with van der Waals surface area (Å²) in [6.07, 6.45) is 0.